The van der Waals surface area contributed by atoms with Gasteiger partial charge in [-0.05, 0) is 30.5 Å². The number of aliphatic hydroxyl groups is 2. The molecule has 0 amide bonds. The number of aryl methyl sites for hydroxylation is 1. The molecule has 6 atom stereocenters. The number of rotatable bonds is 6. The quantitative estimate of drug-likeness (QED) is 0.465. The maximum atomic E-state index is 13.6. The lowest BCUT2D eigenvalue weighted by Crippen LogP contribution is -2.61. The molecule has 0 radical (unpaired) electrons. The van der Waals surface area contributed by atoms with Gasteiger partial charge < -0.3 is 25.0 Å². The van der Waals surface area contributed by atoms with Crippen molar-refractivity contribution in [2.24, 2.45) is 4.99 Å². The number of nitrogens with zero attached hydrogens (tertiary/aromatic N) is 1. The van der Waals surface area contributed by atoms with Crippen molar-refractivity contribution in [3.05, 3.63) is 35.6 Å². The lowest BCUT2D eigenvalue weighted by molar-refractivity contribution is -0.284. The van der Waals surface area contributed by atoms with Crippen molar-refractivity contribution in [3.63, 3.8) is 0 Å². The molecule has 162 valence electrons. The molecular formula is C18H22F4N2O4S. The smallest absolute Gasteiger partial charge is 0.388 e. The first-order valence-corrected chi connectivity index (χ1v) is 9.95. The molecule has 1 aromatic rings. The summed E-state index contributed by atoms with van der Waals surface area (Å²) in [6.45, 7) is -0.246. The summed E-state index contributed by atoms with van der Waals surface area (Å²) in [5.41, 5.74) is -0.0848. The number of hydrogen-bond donors (Lipinski definition) is 3. The number of fused-ring (bicyclic) bond motifs is 1. The Kier molecular flexibility index (Phi) is 7.05. The van der Waals surface area contributed by atoms with Gasteiger partial charge in [-0.15, -0.1) is 0 Å². The van der Waals surface area contributed by atoms with Crippen LogP contribution in [0.15, 0.2) is 29.3 Å². The van der Waals surface area contributed by atoms with Gasteiger partial charge >= 0.3 is 6.18 Å². The predicted molar refractivity (Wildman–Crippen MR) is 99.1 cm³/mol. The zero-order valence-electron chi connectivity index (χ0n) is 15.5. The van der Waals surface area contributed by atoms with E-state index in [1.54, 1.807) is 19.2 Å². The summed E-state index contributed by atoms with van der Waals surface area (Å²) in [5, 5.41) is 23.7. The minimum absolute atomic E-state index is 0.246. The number of alkyl halides is 3. The van der Waals surface area contributed by atoms with Gasteiger partial charge in [0.05, 0.1) is 0 Å². The molecule has 11 heteroatoms. The molecule has 0 unspecified atom stereocenters. The molecular weight excluding hydrogens is 416 g/mol. The number of aliphatic imine (C=N–C) groups is 1. The molecule has 1 saturated heterocycles. The molecule has 0 saturated carbocycles. The third-order valence-corrected chi connectivity index (χ3v) is 5.91. The van der Waals surface area contributed by atoms with E-state index in [-0.39, 0.29) is 13.0 Å². The molecule has 2 aliphatic heterocycles. The molecule has 0 aromatic heterocycles. The Hall–Kier alpha value is -1.40. The molecule has 1 aromatic carbocycles. The van der Waals surface area contributed by atoms with Crippen LogP contribution in [0.2, 0.25) is 0 Å². The lowest BCUT2D eigenvalue weighted by Gasteiger charge is -2.41. The second kappa shape index (κ2) is 9.17. The van der Waals surface area contributed by atoms with E-state index in [0.717, 1.165) is 17.3 Å². The Balaban J connectivity index is 1.62. The SMILES string of the molecule is CNC1=N[C@@H]2[C@@H](O)[C@H](O)[C@@H]([C@@H](OCCCc3ccc(F)cc3)C(F)(F)F)O[C@@H]2S1. The molecule has 2 aliphatic rings. The van der Waals surface area contributed by atoms with Gasteiger partial charge in [-0.3, -0.25) is 4.99 Å². The Bertz CT molecular complexity index is 719. The average molecular weight is 438 g/mol. The van der Waals surface area contributed by atoms with Crippen LogP contribution in [0.5, 0.6) is 0 Å². The molecule has 6 nitrogen and oxygen atoms in total. The summed E-state index contributed by atoms with van der Waals surface area (Å²) in [6.07, 6.45) is -11.6. The molecule has 3 N–H and O–H groups in total. The van der Waals surface area contributed by atoms with E-state index in [1.807, 2.05) is 0 Å². The van der Waals surface area contributed by atoms with Crippen molar-refractivity contribution in [1.82, 2.24) is 5.32 Å². The molecule has 3 rings (SSSR count). The number of nitrogens with one attached hydrogen (secondary N) is 1. The largest absolute Gasteiger partial charge is 0.417 e. The Labute approximate surface area is 169 Å². The van der Waals surface area contributed by atoms with Crippen molar-refractivity contribution >= 4 is 16.9 Å². The molecule has 1 fully saturated rings. The monoisotopic (exact) mass is 438 g/mol. The van der Waals surface area contributed by atoms with Crippen molar-refractivity contribution in [2.45, 2.75) is 54.9 Å². The fourth-order valence-electron chi connectivity index (χ4n) is 3.27. The van der Waals surface area contributed by atoms with E-state index in [9.17, 15) is 27.8 Å². The number of aliphatic hydroxyl groups excluding tert-OH is 2. The highest BCUT2D eigenvalue weighted by atomic mass is 32.2. The van der Waals surface area contributed by atoms with Crippen molar-refractivity contribution in [2.75, 3.05) is 13.7 Å². The van der Waals surface area contributed by atoms with Gasteiger partial charge in [0.25, 0.3) is 0 Å². The van der Waals surface area contributed by atoms with Crippen LogP contribution in [0.4, 0.5) is 17.6 Å². The summed E-state index contributed by atoms with van der Waals surface area (Å²) in [4.78, 5) is 4.12. The van der Waals surface area contributed by atoms with E-state index in [2.05, 4.69) is 10.3 Å². The highest BCUT2D eigenvalue weighted by Gasteiger charge is 2.57. The van der Waals surface area contributed by atoms with Crippen LogP contribution in [-0.2, 0) is 15.9 Å². The summed E-state index contributed by atoms with van der Waals surface area (Å²) in [7, 11) is 1.59. The Morgan fingerprint density at radius 1 is 1.24 bits per heavy atom. The number of halogens is 4. The van der Waals surface area contributed by atoms with Gasteiger partial charge in [0.15, 0.2) is 11.3 Å². The number of thioether (sulfide) groups is 1. The first-order valence-electron chi connectivity index (χ1n) is 9.07. The minimum atomic E-state index is -4.80. The summed E-state index contributed by atoms with van der Waals surface area (Å²) >= 11 is 1.05. The van der Waals surface area contributed by atoms with Gasteiger partial charge in [-0.25, -0.2) is 4.39 Å². The third kappa shape index (κ3) is 5.21. The van der Waals surface area contributed by atoms with E-state index in [1.165, 1.54) is 12.1 Å². The predicted octanol–water partition coefficient (Wildman–Crippen LogP) is 1.84. The van der Waals surface area contributed by atoms with Gasteiger partial charge in [0.1, 0.15) is 35.6 Å². The summed E-state index contributed by atoms with van der Waals surface area (Å²) < 4.78 is 64.2. The van der Waals surface area contributed by atoms with Crippen LogP contribution in [-0.4, -0.2) is 71.1 Å². The minimum Gasteiger partial charge on any atom is -0.388 e. The molecule has 2 heterocycles. The molecule has 0 bridgehead atoms. The van der Waals surface area contributed by atoms with Crippen molar-refractivity contribution in [1.29, 1.82) is 0 Å². The second-order valence-electron chi connectivity index (χ2n) is 6.81. The van der Waals surface area contributed by atoms with Gasteiger partial charge in [-0.1, -0.05) is 23.9 Å². The van der Waals surface area contributed by atoms with Crippen LogP contribution < -0.4 is 5.32 Å². The first kappa shape index (κ1) is 22.3. The van der Waals surface area contributed by atoms with Gasteiger partial charge in [-0.2, -0.15) is 13.2 Å². The normalized spacial score (nSPS) is 30.6. The van der Waals surface area contributed by atoms with Crippen molar-refractivity contribution < 1.29 is 37.2 Å². The molecule has 0 aliphatic carbocycles. The Morgan fingerprint density at radius 3 is 2.55 bits per heavy atom. The van der Waals surface area contributed by atoms with Gasteiger partial charge in [0, 0.05) is 13.7 Å². The standard InChI is InChI=1S/C18H22F4N2O4S/c1-23-17-24-11-12(25)13(26)14(28-16(11)29-17)15(18(20,21)22)27-8-2-3-9-4-6-10(19)7-5-9/h4-7,11-16,25-26H,2-3,8H2,1H3,(H,23,24)/t11-,12-,13+,14+,15-,16-/m1/s1. The van der Waals surface area contributed by atoms with E-state index >= 15 is 0 Å². The maximum Gasteiger partial charge on any atom is 0.417 e. The van der Waals surface area contributed by atoms with Crippen molar-refractivity contribution in [3.8, 4) is 0 Å². The van der Waals surface area contributed by atoms with Crippen LogP contribution in [0.25, 0.3) is 0 Å². The fourth-order valence-corrected chi connectivity index (χ4v) is 4.34. The average Bonchev–Trinajstić information content (AvgIpc) is 3.09. The number of amidine groups is 1. The zero-order chi connectivity index (χ0) is 21.2. The summed E-state index contributed by atoms with van der Waals surface area (Å²) in [6, 6.07) is 4.80. The van der Waals surface area contributed by atoms with E-state index in [0.29, 0.717) is 11.6 Å². The maximum absolute atomic E-state index is 13.6. The van der Waals surface area contributed by atoms with Crippen LogP contribution >= 0.6 is 11.8 Å². The van der Waals surface area contributed by atoms with Gasteiger partial charge in [0.2, 0.25) is 0 Å². The van der Waals surface area contributed by atoms with E-state index < -0.39 is 47.9 Å². The van der Waals surface area contributed by atoms with E-state index in [4.69, 9.17) is 9.47 Å². The van der Waals surface area contributed by atoms with Crippen LogP contribution in [0.1, 0.15) is 12.0 Å². The Morgan fingerprint density at radius 2 is 1.93 bits per heavy atom. The number of hydrogen-bond acceptors (Lipinski definition) is 7. The zero-order valence-corrected chi connectivity index (χ0v) is 16.3. The molecule has 29 heavy (non-hydrogen) atoms. The number of benzene rings is 1. The fraction of sp³-hybridized carbons (Fsp3) is 0.611. The second-order valence-corrected chi connectivity index (χ2v) is 7.89. The van der Waals surface area contributed by atoms with Crippen LogP contribution in [0, 0.1) is 5.82 Å². The lowest BCUT2D eigenvalue weighted by atomic mass is 9.94. The third-order valence-electron chi connectivity index (χ3n) is 4.76. The topological polar surface area (TPSA) is 83.3 Å². The highest BCUT2D eigenvalue weighted by molar-refractivity contribution is 8.14. The highest BCUT2D eigenvalue weighted by Crippen LogP contribution is 2.40. The van der Waals surface area contributed by atoms with Crippen LogP contribution in [0.3, 0.4) is 0 Å². The number of ether oxygens (including phenoxy) is 2. The summed E-state index contributed by atoms with van der Waals surface area (Å²) in [5.74, 6) is -0.391. The first-order chi connectivity index (χ1) is 13.7. The molecule has 0 spiro atoms.